The molecule has 0 aliphatic heterocycles. The summed E-state index contributed by atoms with van der Waals surface area (Å²) in [5, 5.41) is 0. The lowest BCUT2D eigenvalue weighted by Gasteiger charge is -2.11. The summed E-state index contributed by atoms with van der Waals surface area (Å²) in [6.07, 6.45) is 21.3. The molecular formula is C31H48BrNO2. The molecule has 0 saturated carbocycles. The van der Waals surface area contributed by atoms with Crippen molar-refractivity contribution in [2.45, 2.75) is 103 Å². The third-order valence-corrected chi connectivity index (χ3v) is 6.52. The number of hydrogen-bond donors (Lipinski definition) is 1. The first-order valence-electron chi connectivity index (χ1n) is 13.8. The average molecular weight is 547 g/mol. The number of carbonyl (C=O) groups is 1. The van der Waals surface area contributed by atoms with Gasteiger partial charge in [-0.25, -0.2) is 0 Å². The second-order valence-corrected chi connectivity index (χ2v) is 9.49. The van der Waals surface area contributed by atoms with Crippen molar-refractivity contribution in [2.24, 2.45) is 5.73 Å². The molecule has 3 nitrogen and oxygen atoms in total. The number of rotatable bonds is 21. The molecule has 0 aliphatic carbocycles. The van der Waals surface area contributed by atoms with Crippen LogP contribution in [0.4, 0.5) is 0 Å². The van der Waals surface area contributed by atoms with Gasteiger partial charge in [0.2, 0.25) is 0 Å². The smallest absolute Gasteiger partial charge is 0.196 e. The SMILES string of the molecule is Br.NCCCCCCCCCCCCCCCCCCOc1ccccc1C(=O)c1ccccc1. The highest BCUT2D eigenvalue weighted by Crippen LogP contribution is 2.22. The van der Waals surface area contributed by atoms with Gasteiger partial charge in [0.05, 0.1) is 12.2 Å². The molecule has 0 fully saturated rings. The molecule has 0 atom stereocenters. The molecule has 2 aromatic carbocycles. The summed E-state index contributed by atoms with van der Waals surface area (Å²) < 4.78 is 5.98. The van der Waals surface area contributed by atoms with Crippen LogP contribution in [0.5, 0.6) is 5.75 Å². The fourth-order valence-corrected chi connectivity index (χ4v) is 4.43. The molecule has 196 valence electrons. The van der Waals surface area contributed by atoms with E-state index < -0.39 is 0 Å². The number of carbonyl (C=O) groups excluding carboxylic acids is 1. The molecule has 0 heterocycles. The summed E-state index contributed by atoms with van der Waals surface area (Å²) in [4.78, 5) is 12.8. The zero-order chi connectivity index (χ0) is 24.1. The molecule has 2 N–H and O–H groups in total. The van der Waals surface area contributed by atoms with E-state index in [9.17, 15) is 4.79 Å². The van der Waals surface area contributed by atoms with Gasteiger partial charge in [-0.2, -0.15) is 0 Å². The third kappa shape index (κ3) is 14.5. The normalized spacial score (nSPS) is 10.7. The van der Waals surface area contributed by atoms with Crippen LogP contribution >= 0.6 is 17.0 Å². The molecule has 0 saturated heterocycles. The van der Waals surface area contributed by atoms with Gasteiger partial charge in [-0.15, -0.1) is 17.0 Å². The first kappa shape index (κ1) is 31.4. The molecule has 2 aromatic rings. The number of nitrogens with two attached hydrogens (primary N) is 1. The fourth-order valence-electron chi connectivity index (χ4n) is 4.43. The summed E-state index contributed by atoms with van der Waals surface area (Å²) >= 11 is 0. The third-order valence-electron chi connectivity index (χ3n) is 6.52. The van der Waals surface area contributed by atoms with E-state index in [-0.39, 0.29) is 22.8 Å². The summed E-state index contributed by atoms with van der Waals surface area (Å²) in [7, 11) is 0. The molecule has 0 spiro atoms. The molecule has 35 heavy (non-hydrogen) atoms. The van der Waals surface area contributed by atoms with E-state index in [2.05, 4.69) is 0 Å². The zero-order valence-corrected chi connectivity index (χ0v) is 23.4. The quantitative estimate of drug-likeness (QED) is 0.126. The highest BCUT2D eigenvalue weighted by atomic mass is 79.9. The lowest BCUT2D eigenvalue weighted by atomic mass is 10.0. The Hall–Kier alpha value is -1.65. The maximum atomic E-state index is 12.8. The summed E-state index contributed by atoms with van der Waals surface area (Å²) in [6.45, 7) is 1.52. The second-order valence-electron chi connectivity index (χ2n) is 9.49. The second kappa shape index (κ2) is 21.6. The van der Waals surface area contributed by atoms with Crippen LogP contribution in [-0.4, -0.2) is 18.9 Å². The topological polar surface area (TPSA) is 52.3 Å². The minimum Gasteiger partial charge on any atom is -0.493 e. The number of benzene rings is 2. The van der Waals surface area contributed by atoms with Crippen molar-refractivity contribution in [3.8, 4) is 5.75 Å². The Labute approximate surface area is 225 Å². The first-order chi connectivity index (χ1) is 16.8. The van der Waals surface area contributed by atoms with E-state index in [4.69, 9.17) is 10.5 Å². The first-order valence-corrected chi connectivity index (χ1v) is 13.8. The number of halogens is 1. The number of unbranched alkanes of at least 4 members (excludes halogenated alkanes) is 15. The maximum absolute atomic E-state index is 12.8. The number of hydrogen-bond acceptors (Lipinski definition) is 3. The van der Waals surface area contributed by atoms with E-state index in [1.165, 1.54) is 96.3 Å². The molecule has 0 amide bonds. The van der Waals surface area contributed by atoms with E-state index in [1.807, 2.05) is 54.6 Å². The maximum Gasteiger partial charge on any atom is 0.196 e. The Kier molecular flexibility index (Phi) is 19.4. The van der Waals surface area contributed by atoms with Gasteiger partial charge in [-0.05, 0) is 31.5 Å². The van der Waals surface area contributed by atoms with Crippen LogP contribution in [0, 0.1) is 0 Å². The van der Waals surface area contributed by atoms with Gasteiger partial charge in [0.15, 0.2) is 5.78 Å². The van der Waals surface area contributed by atoms with Gasteiger partial charge in [-0.3, -0.25) is 4.79 Å². The van der Waals surface area contributed by atoms with E-state index in [0.717, 1.165) is 13.0 Å². The van der Waals surface area contributed by atoms with Crippen LogP contribution in [0.1, 0.15) is 119 Å². The molecule has 2 rings (SSSR count). The summed E-state index contributed by atoms with van der Waals surface area (Å²) in [6, 6.07) is 17.0. The molecule has 0 bridgehead atoms. The van der Waals surface area contributed by atoms with Crippen molar-refractivity contribution in [2.75, 3.05) is 13.2 Å². The fraction of sp³-hybridized carbons (Fsp3) is 0.581. The van der Waals surface area contributed by atoms with Gasteiger partial charge in [0, 0.05) is 5.56 Å². The minimum atomic E-state index is 0. The zero-order valence-electron chi connectivity index (χ0n) is 21.7. The Morgan fingerprint density at radius 2 is 1.00 bits per heavy atom. The van der Waals surface area contributed by atoms with Crippen molar-refractivity contribution in [3.63, 3.8) is 0 Å². The van der Waals surface area contributed by atoms with Crippen molar-refractivity contribution in [3.05, 3.63) is 65.7 Å². The van der Waals surface area contributed by atoms with Crippen molar-refractivity contribution in [1.29, 1.82) is 0 Å². The lowest BCUT2D eigenvalue weighted by molar-refractivity contribution is 0.103. The molecular weight excluding hydrogens is 498 g/mol. The number of ketones is 1. The highest BCUT2D eigenvalue weighted by molar-refractivity contribution is 8.93. The minimum absolute atomic E-state index is 0. The molecule has 0 aromatic heterocycles. The average Bonchev–Trinajstić information content (AvgIpc) is 2.88. The van der Waals surface area contributed by atoms with Gasteiger partial charge in [0.1, 0.15) is 5.75 Å². The van der Waals surface area contributed by atoms with Gasteiger partial charge >= 0.3 is 0 Å². The van der Waals surface area contributed by atoms with Crippen LogP contribution < -0.4 is 10.5 Å². The molecule has 0 aliphatic rings. The molecule has 0 unspecified atom stereocenters. The van der Waals surface area contributed by atoms with Crippen molar-refractivity contribution in [1.82, 2.24) is 0 Å². The Balaban J connectivity index is 0.00000612. The predicted octanol–water partition coefficient (Wildman–Crippen LogP) is 9.07. The van der Waals surface area contributed by atoms with Crippen LogP contribution in [0.3, 0.4) is 0 Å². The molecule has 0 radical (unpaired) electrons. The summed E-state index contributed by atoms with van der Waals surface area (Å²) in [5.74, 6) is 0.720. The van der Waals surface area contributed by atoms with E-state index >= 15 is 0 Å². The van der Waals surface area contributed by atoms with Crippen molar-refractivity contribution < 1.29 is 9.53 Å². The van der Waals surface area contributed by atoms with E-state index in [0.29, 0.717) is 23.5 Å². The van der Waals surface area contributed by atoms with Crippen LogP contribution in [0.25, 0.3) is 0 Å². The lowest BCUT2D eigenvalue weighted by Crippen LogP contribution is -2.06. The number of ether oxygens (including phenoxy) is 1. The van der Waals surface area contributed by atoms with Crippen LogP contribution in [0.15, 0.2) is 54.6 Å². The summed E-state index contributed by atoms with van der Waals surface area (Å²) in [5.41, 5.74) is 6.88. The van der Waals surface area contributed by atoms with Gasteiger partial charge in [0.25, 0.3) is 0 Å². The van der Waals surface area contributed by atoms with Gasteiger partial charge < -0.3 is 10.5 Å². The predicted molar refractivity (Wildman–Crippen MR) is 155 cm³/mol. The Morgan fingerprint density at radius 3 is 1.51 bits per heavy atom. The monoisotopic (exact) mass is 545 g/mol. The molecule has 4 heteroatoms. The Morgan fingerprint density at radius 1 is 0.571 bits per heavy atom. The Bertz CT molecular complexity index is 766. The number of para-hydroxylation sites is 1. The largest absolute Gasteiger partial charge is 0.493 e. The van der Waals surface area contributed by atoms with Crippen molar-refractivity contribution >= 4 is 22.8 Å². The standard InChI is InChI=1S/C31H47NO2.BrH/c32-26-20-13-11-9-7-5-3-1-2-4-6-8-10-12-14-21-27-34-30-25-19-18-24-29(30)31(33)28-22-16-15-17-23-28;/h15-19,22-25H,1-14,20-21,26-27,32H2;1H. The highest BCUT2D eigenvalue weighted by Gasteiger charge is 2.13. The van der Waals surface area contributed by atoms with E-state index in [1.54, 1.807) is 0 Å². The van der Waals surface area contributed by atoms with Gasteiger partial charge in [-0.1, -0.05) is 132 Å². The van der Waals surface area contributed by atoms with Crippen LogP contribution in [0.2, 0.25) is 0 Å². The van der Waals surface area contributed by atoms with Crippen LogP contribution in [-0.2, 0) is 0 Å².